The summed E-state index contributed by atoms with van der Waals surface area (Å²) in [6.45, 7) is 28.4. The maximum absolute atomic E-state index is 11.3. The molecule has 0 spiro atoms. The van der Waals surface area contributed by atoms with E-state index in [1.54, 1.807) is 0 Å². The third-order valence-corrected chi connectivity index (χ3v) is 6.73. The molecule has 0 radical (unpaired) electrons. The van der Waals surface area contributed by atoms with Crippen LogP contribution in [0.3, 0.4) is 0 Å². The Labute approximate surface area is 203 Å². The Hall–Kier alpha value is -1.96. The Bertz CT molecular complexity index is 1000. The first-order valence-electron chi connectivity index (χ1n) is 12.4. The van der Waals surface area contributed by atoms with Gasteiger partial charge < -0.3 is 10.2 Å². The molecule has 0 aliphatic rings. The lowest BCUT2D eigenvalue weighted by Gasteiger charge is -2.30. The van der Waals surface area contributed by atoms with E-state index in [-0.39, 0.29) is 27.6 Å². The van der Waals surface area contributed by atoms with Gasteiger partial charge in [-0.2, -0.15) is 0 Å². The zero-order valence-electron chi connectivity index (χ0n) is 23.5. The first kappa shape index (κ1) is 27.3. The summed E-state index contributed by atoms with van der Waals surface area (Å²) in [5, 5.41) is 22.6. The summed E-state index contributed by atoms with van der Waals surface area (Å²) in [5.74, 6) is 0.845. The molecule has 2 nitrogen and oxygen atoms in total. The maximum atomic E-state index is 11.3. The zero-order valence-corrected chi connectivity index (χ0v) is 23.5. The normalized spacial score (nSPS) is 14.5. The van der Waals surface area contributed by atoms with Crippen LogP contribution in [0.15, 0.2) is 24.3 Å². The summed E-state index contributed by atoms with van der Waals surface area (Å²) >= 11 is 0. The first-order chi connectivity index (χ1) is 14.6. The van der Waals surface area contributed by atoms with Crippen LogP contribution in [-0.2, 0) is 28.1 Å². The highest BCUT2D eigenvalue weighted by atomic mass is 16.3. The first-order valence-corrected chi connectivity index (χ1v) is 12.4. The van der Waals surface area contributed by atoms with Crippen molar-refractivity contribution in [1.29, 1.82) is 0 Å². The van der Waals surface area contributed by atoms with Gasteiger partial charge in [0.15, 0.2) is 0 Å². The average Bonchev–Trinajstić information content (AvgIpc) is 2.59. The van der Waals surface area contributed by atoms with Gasteiger partial charge in [-0.3, -0.25) is 0 Å². The summed E-state index contributed by atoms with van der Waals surface area (Å²) in [6, 6.07) is 8.67. The van der Waals surface area contributed by atoms with Crippen molar-refractivity contribution >= 4 is 0 Å². The standard InChI is InChI=1S/C31H48O2/c1-19(23-16-22(29(5,6)7)18-25(27(23)33)31(11,12)13)14-20-15-21(28(2,3)4)17-24(26(20)32)30(8,9)10/h15-19,32-33H,14H2,1-13H3. The molecule has 33 heavy (non-hydrogen) atoms. The van der Waals surface area contributed by atoms with Gasteiger partial charge in [-0.15, -0.1) is 0 Å². The van der Waals surface area contributed by atoms with Crippen molar-refractivity contribution in [3.63, 3.8) is 0 Å². The van der Waals surface area contributed by atoms with Gasteiger partial charge in [-0.25, -0.2) is 0 Å². The molecule has 184 valence electrons. The molecule has 1 atom stereocenters. The van der Waals surface area contributed by atoms with Crippen LogP contribution in [-0.4, -0.2) is 10.2 Å². The molecule has 0 amide bonds. The fourth-order valence-corrected chi connectivity index (χ4v) is 4.33. The number of rotatable bonds is 3. The molecule has 2 N–H and O–H groups in total. The second kappa shape index (κ2) is 8.67. The van der Waals surface area contributed by atoms with Crippen LogP contribution in [0.25, 0.3) is 0 Å². The van der Waals surface area contributed by atoms with E-state index in [1.807, 2.05) is 0 Å². The van der Waals surface area contributed by atoms with Crippen molar-refractivity contribution < 1.29 is 10.2 Å². The molecule has 2 aromatic rings. The SMILES string of the molecule is CC(Cc1cc(C(C)(C)C)cc(C(C)(C)C)c1O)c1cc(C(C)(C)C)cc(C(C)(C)C)c1O. The smallest absolute Gasteiger partial charge is 0.122 e. The van der Waals surface area contributed by atoms with E-state index in [9.17, 15) is 10.2 Å². The molecule has 0 aliphatic carbocycles. The van der Waals surface area contributed by atoms with Crippen LogP contribution in [0, 0.1) is 0 Å². The van der Waals surface area contributed by atoms with Gasteiger partial charge in [-0.05, 0) is 67.4 Å². The topological polar surface area (TPSA) is 40.5 Å². The summed E-state index contributed by atoms with van der Waals surface area (Å²) in [6.07, 6.45) is 0.670. The number of hydrogen-bond donors (Lipinski definition) is 2. The summed E-state index contributed by atoms with van der Waals surface area (Å²) < 4.78 is 0. The minimum absolute atomic E-state index is 0.0145. The van der Waals surface area contributed by atoms with Gasteiger partial charge >= 0.3 is 0 Å². The van der Waals surface area contributed by atoms with E-state index < -0.39 is 0 Å². The highest BCUT2D eigenvalue weighted by Crippen LogP contribution is 2.43. The van der Waals surface area contributed by atoms with Crippen molar-refractivity contribution in [2.45, 2.75) is 124 Å². The van der Waals surface area contributed by atoms with Crippen LogP contribution in [0.5, 0.6) is 11.5 Å². The van der Waals surface area contributed by atoms with Crippen molar-refractivity contribution in [2.75, 3.05) is 0 Å². The Morgan fingerprint density at radius 3 is 1.36 bits per heavy atom. The van der Waals surface area contributed by atoms with E-state index in [1.165, 1.54) is 11.1 Å². The summed E-state index contributed by atoms with van der Waals surface area (Å²) in [7, 11) is 0. The van der Waals surface area contributed by atoms with E-state index >= 15 is 0 Å². The van der Waals surface area contributed by atoms with Gasteiger partial charge in [0.1, 0.15) is 11.5 Å². The largest absolute Gasteiger partial charge is 0.507 e. The van der Waals surface area contributed by atoms with Gasteiger partial charge in [0.05, 0.1) is 0 Å². The third kappa shape index (κ3) is 6.14. The van der Waals surface area contributed by atoms with Crippen molar-refractivity contribution in [3.05, 3.63) is 57.6 Å². The molecule has 0 fully saturated rings. The molecular formula is C31H48O2. The van der Waals surface area contributed by atoms with Crippen LogP contribution in [0.1, 0.15) is 129 Å². The minimum atomic E-state index is -0.159. The summed E-state index contributed by atoms with van der Waals surface area (Å²) in [5.41, 5.74) is 6.01. The Morgan fingerprint density at radius 2 is 0.970 bits per heavy atom. The van der Waals surface area contributed by atoms with Crippen LogP contribution >= 0.6 is 0 Å². The highest BCUT2D eigenvalue weighted by Gasteiger charge is 2.29. The van der Waals surface area contributed by atoms with Gasteiger partial charge in [-0.1, -0.05) is 114 Å². The third-order valence-electron chi connectivity index (χ3n) is 6.73. The lowest BCUT2D eigenvalue weighted by Crippen LogP contribution is -2.19. The fraction of sp³-hybridized carbons (Fsp3) is 0.613. The Kier molecular flexibility index (Phi) is 7.17. The molecule has 0 bridgehead atoms. The van der Waals surface area contributed by atoms with Crippen molar-refractivity contribution in [2.24, 2.45) is 0 Å². The average molecular weight is 453 g/mol. The van der Waals surface area contributed by atoms with Crippen LogP contribution in [0.2, 0.25) is 0 Å². The fourth-order valence-electron chi connectivity index (χ4n) is 4.33. The molecule has 0 saturated carbocycles. The molecule has 1 unspecified atom stereocenters. The zero-order chi connectivity index (χ0) is 25.7. The molecule has 0 heterocycles. The molecule has 2 heteroatoms. The number of phenols is 2. The lowest BCUT2D eigenvalue weighted by molar-refractivity contribution is 0.426. The summed E-state index contributed by atoms with van der Waals surface area (Å²) in [4.78, 5) is 0. The monoisotopic (exact) mass is 452 g/mol. The molecule has 0 saturated heterocycles. The van der Waals surface area contributed by atoms with E-state index in [4.69, 9.17) is 0 Å². The minimum Gasteiger partial charge on any atom is -0.507 e. The predicted molar refractivity (Wildman–Crippen MR) is 143 cm³/mol. The van der Waals surface area contributed by atoms with Gasteiger partial charge in [0.25, 0.3) is 0 Å². The van der Waals surface area contributed by atoms with Crippen LogP contribution < -0.4 is 0 Å². The molecule has 0 aliphatic heterocycles. The van der Waals surface area contributed by atoms with Gasteiger partial charge in [0.2, 0.25) is 0 Å². The Balaban J connectivity index is 2.68. The molecular weight excluding hydrogens is 404 g/mol. The highest BCUT2D eigenvalue weighted by molar-refractivity contribution is 5.52. The molecule has 0 aromatic heterocycles. The maximum Gasteiger partial charge on any atom is 0.122 e. The number of aromatic hydroxyl groups is 2. The van der Waals surface area contributed by atoms with Gasteiger partial charge in [0, 0.05) is 0 Å². The van der Waals surface area contributed by atoms with E-state index in [0.717, 1.165) is 22.3 Å². The second-order valence-electron chi connectivity index (χ2n) is 14.1. The number of phenolic OH excluding ortho intramolecular Hbond substituents is 2. The van der Waals surface area contributed by atoms with Crippen LogP contribution in [0.4, 0.5) is 0 Å². The van der Waals surface area contributed by atoms with Crippen molar-refractivity contribution in [3.8, 4) is 11.5 Å². The van der Waals surface area contributed by atoms with Crippen molar-refractivity contribution in [1.82, 2.24) is 0 Å². The molecule has 2 rings (SSSR count). The number of hydrogen-bond acceptors (Lipinski definition) is 2. The number of benzene rings is 2. The van der Waals surface area contributed by atoms with E-state index in [0.29, 0.717) is 17.9 Å². The Morgan fingerprint density at radius 1 is 0.576 bits per heavy atom. The lowest BCUT2D eigenvalue weighted by atomic mass is 9.75. The molecule has 2 aromatic carbocycles. The van der Waals surface area contributed by atoms with E-state index in [2.05, 4.69) is 114 Å². The quantitative estimate of drug-likeness (QED) is 0.489. The predicted octanol–water partition coefficient (Wildman–Crippen LogP) is 8.63. The second-order valence-corrected chi connectivity index (χ2v) is 14.1.